The van der Waals surface area contributed by atoms with Crippen molar-refractivity contribution in [1.29, 1.82) is 0 Å². The quantitative estimate of drug-likeness (QED) is 0.782. The summed E-state index contributed by atoms with van der Waals surface area (Å²) in [5.74, 6) is 0. The van der Waals surface area contributed by atoms with Gasteiger partial charge in [0.15, 0.2) is 0 Å². The topological polar surface area (TPSA) is 47.3 Å². The highest BCUT2D eigenvalue weighted by Crippen LogP contribution is 2.14. The average molecular weight is 196 g/mol. The van der Waals surface area contributed by atoms with Crippen molar-refractivity contribution in [2.45, 2.75) is 38.5 Å². The van der Waals surface area contributed by atoms with E-state index in [0.717, 1.165) is 25.1 Å². The van der Waals surface area contributed by atoms with Gasteiger partial charge in [-0.1, -0.05) is 0 Å². The molecule has 2 rings (SSSR count). The molecule has 1 fully saturated rings. The lowest BCUT2D eigenvalue weighted by Crippen LogP contribution is -2.24. The van der Waals surface area contributed by atoms with Crippen molar-refractivity contribution in [3.63, 3.8) is 0 Å². The van der Waals surface area contributed by atoms with Gasteiger partial charge >= 0.3 is 0 Å². The van der Waals surface area contributed by atoms with Gasteiger partial charge in [-0.3, -0.25) is 4.68 Å². The molecule has 14 heavy (non-hydrogen) atoms. The first kappa shape index (κ1) is 9.68. The predicted octanol–water partition coefficient (Wildman–Crippen LogP) is 0.944. The zero-order valence-electron chi connectivity index (χ0n) is 8.22. The van der Waals surface area contributed by atoms with Gasteiger partial charge in [0.25, 0.3) is 0 Å². The van der Waals surface area contributed by atoms with Gasteiger partial charge in [0.2, 0.25) is 0 Å². The molecule has 2 heterocycles. The third kappa shape index (κ3) is 2.33. The van der Waals surface area contributed by atoms with Crippen LogP contribution in [0.3, 0.4) is 0 Å². The lowest BCUT2D eigenvalue weighted by Gasteiger charge is -2.22. The second-order valence-electron chi connectivity index (χ2n) is 3.72. The molecule has 0 radical (unpaired) electrons. The predicted molar refractivity (Wildman–Crippen MR) is 51.7 cm³/mol. The number of nitrogens with zero attached hydrogens (tertiary/aromatic N) is 2. The Balaban J connectivity index is 1.89. The minimum absolute atomic E-state index is 0.0610. The smallest absolute Gasteiger partial charge is 0.0770 e. The van der Waals surface area contributed by atoms with Crippen molar-refractivity contribution in [3.8, 4) is 0 Å². The fourth-order valence-corrected chi connectivity index (χ4v) is 1.75. The summed E-state index contributed by atoms with van der Waals surface area (Å²) >= 11 is 0. The molecule has 0 amide bonds. The number of rotatable bonds is 3. The van der Waals surface area contributed by atoms with Crippen molar-refractivity contribution in [3.05, 3.63) is 18.0 Å². The summed E-state index contributed by atoms with van der Waals surface area (Å²) in [5, 5.41) is 13.0. The summed E-state index contributed by atoms with van der Waals surface area (Å²) in [5.41, 5.74) is 0.862. The van der Waals surface area contributed by atoms with Gasteiger partial charge in [-0.05, 0) is 19.3 Å². The second kappa shape index (κ2) is 4.57. The normalized spacial score (nSPS) is 22.5. The third-order valence-corrected chi connectivity index (χ3v) is 2.53. The van der Waals surface area contributed by atoms with Crippen LogP contribution in [-0.2, 0) is 17.9 Å². The van der Waals surface area contributed by atoms with E-state index in [2.05, 4.69) is 5.10 Å². The van der Waals surface area contributed by atoms with Crippen molar-refractivity contribution < 1.29 is 9.84 Å². The lowest BCUT2D eigenvalue weighted by molar-refractivity contribution is 0.00397. The van der Waals surface area contributed by atoms with Crippen LogP contribution in [0.4, 0.5) is 0 Å². The van der Waals surface area contributed by atoms with Crippen LogP contribution in [0.5, 0.6) is 0 Å². The molecule has 1 aliphatic heterocycles. The Bertz CT molecular complexity index is 279. The number of hydrogen-bond acceptors (Lipinski definition) is 3. The molecular weight excluding hydrogens is 180 g/mol. The third-order valence-electron chi connectivity index (χ3n) is 2.53. The number of aromatic nitrogens is 2. The molecule has 1 N–H and O–H groups in total. The summed E-state index contributed by atoms with van der Waals surface area (Å²) in [6, 6.07) is 0. The molecule has 1 aromatic rings. The van der Waals surface area contributed by atoms with Crippen molar-refractivity contribution >= 4 is 0 Å². The number of aliphatic hydroxyl groups is 1. The maximum absolute atomic E-state index is 8.87. The summed E-state index contributed by atoms with van der Waals surface area (Å²) in [4.78, 5) is 0. The molecular formula is C10H16N2O2. The van der Waals surface area contributed by atoms with E-state index >= 15 is 0 Å². The minimum atomic E-state index is 0.0610. The molecule has 1 aliphatic rings. The van der Waals surface area contributed by atoms with Crippen molar-refractivity contribution in [2.75, 3.05) is 6.61 Å². The molecule has 0 saturated carbocycles. The molecule has 1 unspecified atom stereocenters. The zero-order valence-corrected chi connectivity index (χ0v) is 8.22. The van der Waals surface area contributed by atoms with E-state index in [4.69, 9.17) is 9.84 Å². The number of hydrogen-bond donors (Lipinski definition) is 1. The molecule has 4 heteroatoms. The Labute approximate surface area is 83.5 Å². The van der Waals surface area contributed by atoms with E-state index in [0.29, 0.717) is 6.10 Å². The Morgan fingerprint density at radius 3 is 3.14 bits per heavy atom. The molecule has 0 aromatic carbocycles. The Morgan fingerprint density at radius 2 is 2.50 bits per heavy atom. The van der Waals surface area contributed by atoms with Gasteiger partial charge in [-0.2, -0.15) is 5.10 Å². The van der Waals surface area contributed by atoms with E-state index in [1.165, 1.54) is 12.8 Å². The highest BCUT2D eigenvalue weighted by atomic mass is 16.5. The van der Waals surface area contributed by atoms with Gasteiger partial charge in [-0.15, -0.1) is 0 Å². The molecule has 1 atom stereocenters. The van der Waals surface area contributed by atoms with E-state index in [1.807, 2.05) is 10.9 Å². The van der Waals surface area contributed by atoms with Gasteiger partial charge in [0, 0.05) is 18.4 Å². The molecule has 1 saturated heterocycles. The average Bonchev–Trinajstić information content (AvgIpc) is 2.67. The summed E-state index contributed by atoms with van der Waals surface area (Å²) < 4.78 is 7.45. The molecule has 0 aliphatic carbocycles. The standard InChI is InChI=1S/C10H16N2O2/c13-8-9-5-11-12(6-9)7-10-3-1-2-4-14-10/h5-6,10,13H,1-4,7-8H2. The van der Waals surface area contributed by atoms with Crippen LogP contribution in [0.15, 0.2) is 12.4 Å². The lowest BCUT2D eigenvalue weighted by atomic mass is 10.1. The molecule has 4 nitrogen and oxygen atoms in total. The zero-order chi connectivity index (χ0) is 9.80. The van der Waals surface area contributed by atoms with Crippen LogP contribution >= 0.6 is 0 Å². The summed E-state index contributed by atoms with van der Waals surface area (Å²) in [6.45, 7) is 1.74. The summed E-state index contributed by atoms with van der Waals surface area (Å²) in [7, 11) is 0. The highest BCUT2D eigenvalue weighted by molar-refractivity contribution is 5.01. The highest BCUT2D eigenvalue weighted by Gasteiger charge is 2.14. The van der Waals surface area contributed by atoms with Crippen LogP contribution < -0.4 is 0 Å². The maximum atomic E-state index is 8.87. The monoisotopic (exact) mass is 196 g/mol. The SMILES string of the molecule is OCc1cnn(CC2CCCCO2)c1. The molecule has 78 valence electrons. The Kier molecular flexibility index (Phi) is 3.16. The Morgan fingerprint density at radius 1 is 1.57 bits per heavy atom. The first-order valence-corrected chi connectivity index (χ1v) is 5.12. The summed E-state index contributed by atoms with van der Waals surface area (Å²) in [6.07, 6.45) is 7.42. The van der Waals surface area contributed by atoms with Crippen molar-refractivity contribution in [1.82, 2.24) is 9.78 Å². The number of aliphatic hydroxyl groups excluding tert-OH is 1. The first-order valence-electron chi connectivity index (χ1n) is 5.12. The van der Waals surface area contributed by atoms with Gasteiger partial charge in [0.05, 0.1) is 25.5 Å². The van der Waals surface area contributed by atoms with Crippen LogP contribution in [0.25, 0.3) is 0 Å². The molecule has 1 aromatic heterocycles. The first-order chi connectivity index (χ1) is 6.88. The van der Waals surface area contributed by atoms with Gasteiger partial charge in [-0.25, -0.2) is 0 Å². The fourth-order valence-electron chi connectivity index (χ4n) is 1.75. The Hall–Kier alpha value is -0.870. The minimum Gasteiger partial charge on any atom is -0.392 e. The van der Waals surface area contributed by atoms with Crippen LogP contribution in [0, 0.1) is 0 Å². The van der Waals surface area contributed by atoms with Crippen molar-refractivity contribution in [2.24, 2.45) is 0 Å². The van der Waals surface area contributed by atoms with Gasteiger partial charge < -0.3 is 9.84 Å². The fraction of sp³-hybridized carbons (Fsp3) is 0.700. The van der Waals surface area contributed by atoms with Crippen LogP contribution in [0.1, 0.15) is 24.8 Å². The van der Waals surface area contributed by atoms with E-state index < -0.39 is 0 Å². The molecule has 0 bridgehead atoms. The van der Waals surface area contributed by atoms with Crippen LogP contribution in [-0.4, -0.2) is 27.6 Å². The van der Waals surface area contributed by atoms with Crippen LogP contribution in [0.2, 0.25) is 0 Å². The largest absolute Gasteiger partial charge is 0.392 e. The van der Waals surface area contributed by atoms with Gasteiger partial charge in [0.1, 0.15) is 0 Å². The second-order valence-corrected chi connectivity index (χ2v) is 3.72. The molecule has 0 spiro atoms. The maximum Gasteiger partial charge on any atom is 0.0770 e. The van der Waals surface area contributed by atoms with E-state index in [1.54, 1.807) is 6.20 Å². The van der Waals surface area contributed by atoms with E-state index in [-0.39, 0.29) is 6.61 Å². The number of ether oxygens (including phenoxy) is 1. The van der Waals surface area contributed by atoms with E-state index in [9.17, 15) is 0 Å².